The molecule has 0 saturated heterocycles. The Kier molecular flexibility index (Phi) is 4.01. The third-order valence-corrected chi connectivity index (χ3v) is 4.35. The minimum atomic E-state index is -1.04. The number of nitrogens with zero attached hydrogens (tertiary/aromatic N) is 2. The monoisotopic (exact) mass is 358 g/mol. The molecule has 0 radical (unpaired) electrons. The molecule has 0 bridgehead atoms. The second-order valence-electron chi connectivity index (χ2n) is 6.23. The lowest BCUT2D eigenvalue weighted by Gasteiger charge is -2.06. The summed E-state index contributed by atoms with van der Waals surface area (Å²) >= 11 is 0. The Morgan fingerprint density at radius 3 is 1.52 bits per heavy atom. The predicted octanol–water partition coefficient (Wildman–Crippen LogP) is 3.77. The fourth-order valence-corrected chi connectivity index (χ4v) is 3.04. The molecule has 4 aromatic rings. The lowest BCUT2D eigenvalue weighted by atomic mass is 10.0. The third-order valence-electron chi connectivity index (χ3n) is 4.35. The molecule has 0 amide bonds. The van der Waals surface area contributed by atoms with E-state index in [2.05, 4.69) is 9.97 Å². The van der Waals surface area contributed by atoms with E-state index in [1.807, 2.05) is 36.4 Å². The van der Waals surface area contributed by atoms with Gasteiger partial charge in [0.2, 0.25) is 0 Å². The molecule has 0 saturated carbocycles. The van der Waals surface area contributed by atoms with E-state index in [1.165, 1.54) is 12.1 Å². The van der Waals surface area contributed by atoms with Crippen molar-refractivity contribution in [3.63, 3.8) is 0 Å². The Morgan fingerprint density at radius 1 is 0.667 bits per heavy atom. The third kappa shape index (κ3) is 3.32. The fourth-order valence-electron chi connectivity index (χ4n) is 3.04. The van der Waals surface area contributed by atoms with Crippen LogP contribution in [0.15, 0.2) is 60.7 Å². The van der Waals surface area contributed by atoms with Crippen molar-refractivity contribution in [3.05, 3.63) is 83.2 Å². The maximum atomic E-state index is 11.0. The van der Waals surface area contributed by atoms with Crippen molar-refractivity contribution in [3.8, 4) is 0 Å². The van der Waals surface area contributed by atoms with Gasteiger partial charge in [0, 0.05) is 10.8 Å². The van der Waals surface area contributed by atoms with E-state index in [0.717, 1.165) is 21.9 Å². The Labute approximate surface area is 153 Å². The second kappa shape index (κ2) is 6.49. The molecule has 0 unspecified atom stereocenters. The normalized spacial score (nSPS) is 11.0. The molecule has 6 heteroatoms. The number of aromatic carboxylic acids is 2. The van der Waals surface area contributed by atoms with Crippen molar-refractivity contribution in [2.75, 3.05) is 0 Å². The zero-order valence-electron chi connectivity index (χ0n) is 14.1. The molecule has 27 heavy (non-hydrogen) atoms. The summed E-state index contributed by atoms with van der Waals surface area (Å²) in [6.45, 7) is 0. The van der Waals surface area contributed by atoms with E-state index in [0.29, 0.717) is 17.5 Å². The molecule has 0 aliphatic carbocycles. The number of rotatable bonds is 4. The highest BCUT2D eigenvalue weighted by Gasteiger charge is 2.08. The van der Waals surface area contributed by atoms with Gasteiger partial charge in [-0.3, -0.25) is 0 Å². The molecule has 4 rings (SSSR count). The number of hydrogen-bond donors (Lipinski definition) is 2. The number of hydrogen-bond acceptors (Lipinski definition) is 4. The molecule has 132 valence electrons. The second-order valence-corrected chi connectivity index (χ2v) is 6.23. The molecular formula is C21H14N2O4. The lowest BCUT2D eigenvalue weighted by molar-refractivity contribution is 0.0680. The first kappa shape index (κ1) is 16.7. The van der Waals surface area contributed by atoms with Crippen LogP contribution in [0, 0.1) is 0 Å². The molecule has 2 N–H and O–H groups in total. The molecule has 0 aliphatic heterocycles. The van der Waals surface area contributed by atoms with Crippen molar-refractivity contribution >= 4 is 33.7 Å². The summed E-state index contributed by atoms with van der Waals surface area (Å²) in [5, 5.41) is 19.8. The summed E-state index contributed by atoms with van der Waals surface area (Å²) in [5.41, 5.74) is 3.48. The van der Waals surface area contributed by atoms with Gasteiger partial charge in [-0.25, -0.2) is 19.6 Å². The van der Waals surface area contributed by atoms with Crippen molar-refractivity contribution < 1.29 is 19.8 Å². The maximum Gasteiger partial charge on any atom is 0.354 e. The molecule has 2 aromatic heterocycles. The van der Waals surface area contributed by atoms with Crippen LogP contribution in [0.3, 0.4) is 0 Å². The summed E-state index contributed by atoms with van der Waals surface area (Å²) in [7, 11) is 0. The van der Waals surface area contributed by atoms with Crippen LogP contribution < -0.4 is 0 Å². The first-order valence-electron chi connectivity index (χ1n) is 8.25. The highest BCUT2D eigenvalue weighted by Crippen LogP contribution is 2.20. The first-order valence-corrected chi connectivity index (χ1v) is 8.25. The van der Waals surface area contributed by atoms with Gasteiger partial charge in [0.25, 0.3) is 0 Å². The van der Waals surface area contributed by atoms with Crippen molar-refractivity contribution in [1.82, 2.24) is 9.97 Å². The number of fused-ring (bicyclic) bond motifs is 2. The molecule has 2 aromatic carbocycles. The standard InChI is InChI=1S/C21H14N2O4/c24-20(25)18-7-3-14-10-12(1-5-16(14)22-18)9-13-2-6-17-15(11-13)4-8-19(23-17)21(26)27/h1-8,10-11H,9H2,(H,24,25)(H,26,27). The molecular weight excluding hydrogens is 344 g/mol. The summed E-state index contributed by atoms with van der Waals surface area (Å²) < 4.78 is 0. The van der Waals surface area contributed by atoms with Gasteiger partial charge in [-0.2, -0.15) is 0 Å². The molecule has 6 nitrogen and oxygen atoms in total. The van der Waals surface area contributed by atoms with Gasteiger partial charge in [0.1, 0.15) is 11.4 Å². The van der Waals surface area contributed by atoms with Crippen molar-refractivity contribution in [2.24, 2.45) is 0 Å². The molecule has 0 aliphatic rings. The molecule has 0 spiro atoms. The van der Waals surface area contributed by atoms with Crippen molar-refractivity contribution in [2.45, 2.75) is 6.42 Å². The number of carbonyl (C=O) groups is 2. The molecule has 0 fully saturated rings. The van der Waals surface area contributed by atoms with Gasteiger partial charge in [-0.15, -0.1) is 0 Å². The summed E-state index contributed by atoms with van der Waals surface area (Å²) in [6, 6.07) is 18.0. The highest BCUT2D eigenvalue weighted by atomic mass is 16.4. The number of carboxylic acid groups (broad SMARTS) is 2. The minimum Gasteiger partial charge on any atom is -0.477 e. The van der Waals surface area contributed by atoms with Crippen LogP contribution in [0.4, 0.5) is 0 Å². The van der Waals surface area contributed by atoms with Crippen LogP contribution in [0.1, 0.15) is 32.1 Å². The average molecular weight is 358 g/mol. The molecule has 2 heterocycles. The highest BCUT2D eigenvalue weighted by molar-refractivity contribution is 5.90. The van der Waals surface area contributed by atoms with Crippen LogP contribution in [0.5, 0.6) is 0 Å². The van der Waals surface area contributed by atoms with Gasteiger partial charge in [-0.05, 0) is 53.9 Å². The average Bonchev–Trinajstić information content (AvgIpc) is 2.67. The minimum absolute atomic E-state index is 0.0259. The smallest absolute Gasteiger partial charge is 0.354 e. The van der Waals surface area contributed by atoms with Crippen LogP contribution in [-0.4, -0.2) is 32.1 Å². The van der Waals surface area contributed by atoms with E-state index < -0.39 is 11.9 Å². The summed E-state index contributed by atoms with van der Waals surface area (Å²) in [4.78, 5) is 30.3. The quantitative estimate of drug-likeness (QED) is 0.576. The Bertz CT molecular complexity index is 1120. The first-order chi connectivity index (χ1) is 13.0. The predicted molar refractivity (Wildman–Crippen MR) is 100 cm³/mol. The van der Waals surface area contributed by atoms with E-state index in [4.69, 9.17) is 10.2 Å². The fraction of sp³-hybridized carbons (Fsp3) is 0.0476. The van der Waals surface area contributed by atoms with Gasteiger partial charge in [-0.1, -0.05) is 24.3 Å². The van der Waals surface area contributed by atoms with E-state index in [-0.39, 0.29) is 11.4 Å². The van der Waals surface area contributed by atoms with Crippen LogP contribution in [-0.2, 0) is 6.42 Å². The SMILES string of the molecule is O=C(O)c1ccc2cc(Cc3ccc4nc(C(=O)O)ccc4c3)ccc2n1. The van der Waals surface area contributed by atoms with Gasteiger partial charge in [0.05, 0.1) is 11.0 Å². The lowest BCUT2D eigenvalue weighted by Crippen LogP contribution is -2.00. The zero-order chi connectivity index (χ0) is 19.0. The number of pyridine rings is 2. The summed E-state index contributed by atoms with van der Waals surface area (Å²) in [6.07, 6.45) is 0.688. The van der Waals surface area contributed by atoms with Gasteiger partial charge >= 0.3 is 11.9 Å². The van der Waals surface area contributed by atoms with Crippen LogP contribution in [0.2, 0.25) is 0 Å². The number of aromatic nitrogens is 2. The van der Waals surface area contributed by atoms with Gasteiger partial charge < -0.3 is 10.2 Å². The van der Waals surface area contributed by atoms with E-state index in [9.17, 15) is 9.59 Å². The largest absolute Gasteiger partial charge is 0.477 e. The van der Waals surface area contributed by atoms with E-state index >= 15 is 0 Å². The van der Waals surface area contributed by atoms with Crippen molar-refractivity contribution in [1.29, 1.82) is 0 Å². The Hall–Kier alpha value is -3.80. The van der Waals surface area contributed by atoms with E-state index in [1.54, 1.807) is 12.1 Å². The topological polar surface area (TPSA) is 100 Å². The number of carboxylic acids is 2. The van der Waals surface area contributed by atoms with Gasteiger partial charge in [0.15, 0.2) is 0 Å². The molecule has 0 atom stereocenters. The number of benzene rings is 2. The van der Waals surface area contributed by atoms with Crippen LogP contribution in [0.25, 0.3) is 21.8 Å². The van der Waals surface area contributed by atoms with Crippen LogP contribution >= 0.6 is 0 Å². The Morgan fingerprint density at radius 2 is 1.11 bits per heavy atom. The zero-order valence-corrected chi connectivity index (χ0v) is 14.1. The Balaban J connectivity index is 1.64. The summed E-state index contributed by atoms with van der Waals surface area (Å²) in [5.74, 6) is -2.09. The maximum absolute atomic E-state index is 11.0.